The fourth-order valence-electron chi connectivity index (χ4n) is 1.95. The van der Waals surface area contributed by atoms with Crippen molar-refractivity contribution in [1.82, 2.24) is 10.3 Å². The quantitative estimate of drug-likeness (QED) is 0.855. The third-order valence-electron chi connectivity index (χ3n) is 3.41. The van der Waals surface area contributed by atoms with E-state index in [1.54, 1.807) is 0 Å². The Morgan fingerprint density at radius 2 is 2.44 bits per heavy atom. The summed E-state index contributed by atoms with van der Waals surface area (Å²) in [6.07, 6.45) is 2.13. The molecule has 1 aliphatic rings. The van der Waals surface area contributed by atoms with Crippen LogP contribution in [0, 0.1) is 0 Å². The van der Waals surface area contributed by atoms with Crippen LogP contribution in [0.25, 0.3) is 0 Å². The number of nitrogen functional groups attached to an aromatic ring is 1. The fourth-order valence-corrected chi connectivity index (χ4v) is 2.14. The monoisotopic (exact) mass is 269 g/mol. The Morgan fingerprint density at radius 1 is 1.72 bits per heavy atom. The van der Waals surface area contributed by atoms with Gasteiger partial charge in [-0.2, -0.15) is 0 Å². The summed E-state index contributed by atoms with van der Waals surface area (Å²) < 4.78 is 5.47. The minimum absolute atomic E-state index is 0.0283. The average Bonchev–Trinajstić information content (AvgIpc) is 2.62. The molecule has 5 nitrogen and oxygen atoms in total. The molecule has 18 heavy (non-hydrogen) atoms. The predicted octanol–water partition coefficient (Wildman–Crippen LogP) is 1.61. The van der Waals surface area contributed by atoms with Crippen molar-refractivity contribution >= 4 is 23.3 Å². The second kappa shape index (κ2) is 4.74. The van der Waals surface area contributed by atoms with Gasteiger partial charge in [0.15, 0.2) is 0 Å². The topological polar surface area (TPSA) is 77.2 Å². The number of nitrogens with zero attached hydrogens (tertiary/aromatic N) is 1. The molecule has 2 unspecified atom stereocenters. The van der Waals surface area contributed by atoms with Crippen molar-refractivity contribution in [3.63, 3.8) is 0 Å². The Morgan fingerprint density at radius 3 is 3.06 bits per heavy atom. The van der Waals surface area contributed by atoms with Crippen LogP contribution in [0.4, 0.5) is 5.82 Å². The maximum absolute atomic E-state index is 12.2. The van der Waals surface area contributed by atoms with E-state index in [0.717, 1.165) is 6.42 Å². The SMILES string of the molecule is CC1OCCC1(C)NC(=O)c1cc(N)ncc1Cl. The number of anilines is 1. The molecule has 2 rings (SSSR count). The lowest BCUT2D eigenvalue weighted by atomic mass is 9.94. The standard InChI is InChI=1S/C12H16ClN3O2/c1-7-12(2,3-4-18-7)16-11(17)8-5-10(14)15-6-9(8)13/h5-7H,3-4H2,1-2H3,(H2,14,15)(H,16,17). The summed E-state index contributed by atoms with van der Waals surface area (Å²) in [6.45, 7) is 4.54. The van der Waals surface area contributed by atoms with Gasteiger partial charge in [-0.15, -0.1) is 0 Å². The third kappa shape index (κ3) is 2.42. The van der Waals surface area contributed by atoms with Crippen molar-refractivity contribution in [2.24, 2.45) is 0 Å². The Balaban J connectivity index is 2.19. The molecule has 1 aromatic heterocycles. The van der Waals surface area contributed by atoms with Crippen LogP contribution in [0.15, 0.2) is 12.3 Å². The molecule has 6 heteroatoms. The van der Waals surface area contributed by atoms with E-state index >= 15 is 0 Å². The molecule has 98 valence electrons. The van der Waals surface area contributed by atoms with Crippen LogP contribution < -0.4 is 11.1 Å². The minimum atomic E-state index is -0.377. The van der Waals surface area contributed by atoms with Crippen LogP contribution in [0.2, 0.25) is 5.02 Å². The van der Waals surface area contributed by atoms with E-state index < -0.39 is 0 Å². The molecule has 0 bridgehead atoms. The van der Waals surface area contributed by atoms with Crippen molar-refractivity contribution in [3.05, 3.63) is 22.8 Å². The van der Waals surface area contributed by atoms with Gasteiger partial charge in [-0.1, -0.05) is 11.6 Å². The third-order valence-corrected chi connectivity index (χ3v) is 3.71. The molecule has 0 spiro atoms. The summed E-state index contributed by atoms with van der Waals surface area (Å²) in [4.78, 5) is 16.0. The highest BCUT2D eigenvalue weighted by atomic mass is 35.5. The number of carbonyl (C=O) groups excluding carboxylic acids is 1. The van der Waals surface area contributed by atoms with E-state index in [0.29, 0.717) is 12.2 Å². The summed E-state index contributed by atoms with van der Waals surface area (Å²) in [5.41, 5.74) is 5.52. The molecule has 1 fully saturated rings. The number of pyridine rings is 1. The average molecular weight is 270 g/mol. The van der Waals surface area contributed by atoms with Crippen molar-refractivity contribution in [3.8, 4) is 0 Å². The van der Waals surface area contributed by atoms with Crippen LogP contribution in [0.1, 0.15) is 30.6 Å². The van der Waals surface area contributed by atoms with Gasteiger partial charge in [-0.05, 0) is 26.3 Å². The van der Waals surface area contributed by atoms with E-state index in [9.17, 15) is 4.79 Å². The molecular formula is C12H16ClN3O2. The van der Waals surface area contributed by atoms with Gasteiger partial charge in [0.1, 0.15) is 5.82 Å². The van der Waals surface area contributed by atoms with E-state index in [-0.39, 0.29) is 28.4 Å². The first-order valence-corrected chi connectivity index (χ1v) is 6.15. The number of rotatable bonds is 2. The van der Waals surface area contributed by atoms with Gasteiger partial charge in [0, 0.05) is 12.8 Å². The zero-order valence-electron chi connectivity index (χ0n) is 10.4. The minimum Gasteiger partial charge on any atom is -0.384 e. The second-order valence-electron chi connectivity index (χ2n) is 4.72. The van der Waals surface area contributed by atoms with Crippen molar-refractivity contribution in [2.45, 2.75) is 31.9 Å². The first-order valence-electron chi connectivity index (χ1n) is 5.77. The first-order chi connectivity index (χ1) is 8.42. The molecule has 0 radical (unpaired) electrons. The Labute approximate surface area is 111 Å². The molecule has 3 N–H and O–H groups in total. The number of ether oxygens (including phenoxy) is 1. The second-order valence-corrected chi connectivity index (χ2v) is 5.13. The molecule has 1 aromatic rings. The number of nitrogens with two attached hydrogens (primary N) is 1. The smallest absolute Gasteiger partial charge is 0.253 e. The van der Waals surface area contributed by atoms with E-state index in [1.807, 2.05) is 13.8 Å². The lowest BCUT2D eigenvalue weighted by molar-refractivity contribution is 0.0727. The zero-order valence-corrected chi connectivity index (χ0v) is 11.1. The van der Waals surface area contributed by atoms with E-state index in [2.05, 4.69) is 10.3 Å². The first kappa shape index (κ1) is 13.1. The number of carbonyl (C=O) groups is 1. The predicted molar refractivity (Wildman–Crippen MR) is 69.6 cm³/mol. The lowest BCUT2D eigenvalue weighted by Gasteiger charge is -2.29. The van der Waals surface area contributed by atoms with Crippen molar-refractivity contribution in [2.75, 3.05) is 12.3 Å². The maximum atomic E-state index is 12.2. The van der Waals surface area contributed by atoms with Gasteiger partial charge in [0.25, 0.3) is 5.91 Å². The number of amides is 1. The summed E-state index contributed by atoms with van der Waals surface area (Å²) >= 11 is 5.95. The number of nitrogens with one attached hydrogen (secondary N) is 1. The molecule has 0 aromatic carbocycles. The molecule has 2 atom stereocenters. The van der Waals surface area contributed by atoms with Crippen LogP contribution in [-0.4, -0.2) is 29.1 Å². The van der Waals surface area contributed by atoms with Crippen molar-refractivity contribution < 1.29 is 9.53 Å². The fraction of sp³-hybridized carbons (Fsp3) is 0.500. The van der Waals surface area contributed by atoms with Gasteiger partial charge < -0.3 is 15.8 Å². The Hall–Kier alpha value is -1.33. The highest BCUT2D eigenvalue weighted by Crippen LogP contribution is 2.26. The summed E-state index contributed by atoms with van der Waals surface area (Å²) in [5.74, 6) is 0.0133. The molecule has 0 aliphatic carbocycles. The molecule has 2 heterocycles. The molecule has 1 aliphatic heterocycles. The van der Waals surface area contributed by atoms with Crippen molar-refractivity contribution in [1.29, 1.82) is 0 Å². The lowest BCUT2D eigenvalue weighted by Crippen LogP contribution is -2.50. The highest BCUT2D eigenvalue weighted by molar-refractivity contribution is 6.33. The summed E-state index contributed by atoms with van der Waals surface area (Å²) in [7, 11) is 0. The van der Waals surface area contributed by atoms with Gasteiger partial charge in [-0.25, -0.2) is 4.98 Å². The van der Waals surface area contributed by atoms with Crippen LogP contribution in [-0.2, 0) is 4.74 Å². The molecule has 1 amide bonds. The van der Waals surface area contributed by atoms with Gasteiger partial charge in [-0.3, -0.25) is 4.79 Å². The molecule has 1 saturated heterocycles. The summed E-state index contributed by atoms with van der Waals surface area (Å²) in [5, 5.41) is 3.25. The number of hydrogen-bond acceptors (Lipinski definition) is 4. The zero-order chi connectivity index (χ0) is 13.3. The maximum Gasteiger partial charge on any atom is 0.253 e. The Kier molecular flexibility index (Phi) is 3.45. The number of aromatic nitrogens is 1. The normalized spacial score (nSPS) is 27.2. The van der Waals surface area contributed by atoms with E-state index in [1.165, 1.54) is 12.3 Å². The van der Waals surface area contributed by atoms with Gasteiger partial charge >= 0.3 is 0 Å². The molecular weight excluding hydrogens is 254 g/mol. The van der Waals surface area contributed by atoms with Gasteiger partial charge in [0.2, 0.25) is 0 Å². The largest absolute Gasteiger partial charge is 0.384 e. The number of halogens is 1. The molecule has 0 saturated carbocycles. The number of hydrogen-bond donors (Lipinski definition) is 2. The van der Waals surface area contributed by atoms with Crippen LogP contribution in [0.5, 0.6) is 0 Å². The van der Waals surface area contributed by atoms with Gasteiger partial charge in [0.05, 0.1) is 22.2 Å². The van der Waals surface area contributed by atoms with Crippen LogP contribution >= 0.6 is 11.6 Å². The Bertz CT molecular complexity index is 480. The highest BCUT2D eigenvalue weighted by Gasteiger charge is 2.38. The van der Waals surface area contributed by atoms with E-state index in [4.69, 9.17) is 22.1 Å². The summed E-state index contributed by atoms with van der Waals surface area (Å²) in [6, 6.07) is 1.47. The van der Waals surface area contributed by atoms with Crippen LogP contribution in [0.3, 0.4) is 0 Å².